The molecule has 0 radical (unpaired) electrons. The van der Waals surface area contributed by atoms with E-state index < -0.39 is 10.8 Å². The highest BCUT2D eigenvalue weighted by atomic mass is 32.1. The summed E-state index contributed by atoms with van der Waals surface area (Å²) in [6.07, 6.45) is 1.98. The Morgan fingerprint density at radius 1 is 1.14 bits per heavy atom. The van der Waals surface area contributed by atoms with Crippen molar-refractivity contribution in [2.24, 2.45) is 0 Å². The molecule has 0 spiro atoms. The largest absolute Gasteiger partial charge is 0.493 e. The lowest BCUT2D eigenvalue weighted by Gasteiger charge is -2.17. The minimum atomic E-state index is -0.546. The predicted octanol–water partition coefficient (Wildman–Crippen LogP) is 4.46. The van der Waals surface area contributed by atoms with Crippen LogP contribution in [-0.2, 0) is 0 Å². The number of nitrogens with zero attached hydrogens (tertiary/aromatic N) is 3. The number of nitro benzene ring substituents is 1. The number of nitrogens with one attached hydrogen (secondary N) is 2. The van der Waals surface area contributed by atoms with E-state index >= 15 is 0 Å². The summed E-state index contributed by atoms with van der Waals surface area (Å²) in [6.45, 7) is 1.53. The summed E-state index contributed by atoms with van der Waals surface area (Å²) in [6, 6.07) is 9.93. The Morgan fingerprint density at radius 2 is 1.89 bits per heavy atom. The van der Waals surface area contributed by atoms with Gasteiger partial charge in [0.2, 0.25) is 0 Å². The van der Waals surface area contributed by atoms with Crippen molar-refractivity contribution in [3.8, 4) is 22.8 Å². The van der Waals surface area contributed by atoms with Crippen LogP contribution in [0.1, 0.15) is 23.2 Å². The first-order valence-corrected chi connectivity index (χ1v) is 12.0. The lowest BCUT2D eigenvalue weighted by atomic mass is 10.1. The monoisotopic (exact) mass is 513 g/mol. The minimum Gasteiger partial charge on any atom is -0.493 e. The van der Waals surface area contributed by atoms with Crippen LogP contribution >= 0.6 is 23.6 Å². The van der Waals surface area contributed by atoms with Gasteiger partial charge in [0.25, 0.3) is 11.6 Å². The molecule has 10 nitrogen and oxygen atoms in total. The van der Waals surface area contributed by atoms with E-state index in [1.807, 2.05) is 22.4 Å². The molecule has 0 atom stereocenters. The van der Waals surface area contributed by atoms with Gasteiger partial charge in [-0.25, -0.2) is 4.98 Å². The SMILES string of the molecule is COc1ccc(-c2csc(NC(=S)NC(=O)c3ccc(N4CCCC4)c([N+](=O)[O-])c3)n2)cc1OC. The van der Waals surface area contributed by atoms with E-state index in [2.05, 4.69) is 15.6 Å². The van der Waals surface area contributed by atoms with Crippen LogP contribution in [0.25, 0.3) is 11.3 Å². The molecular formula is C23H23N5O5S2. The molecule has 1 aliphatic heterocycles. The van der Waals surface area contributed by atoms with E-state index in [0.717, 1.165) is 31.5 Å². The van der Waals surface area contributed by atoms with Crippen molar-refractivity contribution in [3.63, 3.8) is 0 Å². The first kappa shape index (κ1) is 24.4. The summed E-state index contributed by atoms with van der Waals surface area (Å²) in [5, 5.41) is 19.4. The van der Waals surface area contributed by atoms with Crippen LogP contribution < -0.4 is 25.0 Å². The summed E-state index contributed by atoms with van der Waals surface area (Å²) in [7, 11) is 3.13. The fourth-order valence-electron chi connectivity index (χ4n) is 3.80. The molecule has 1 aliphatic rings. The van der Waals surface area contributed by atoms with E-state index in [9.17, 15) is 14.9 Å². The standard InChI is InChI=1S/C23H23N5O5S2/c1-32-19-8-6-14(12-20(19)33-2)16-13-35-23(24-16)26-22(34)25-21(29)15-5-7-17(18(11-15)28(30)31)27-9-3-4-10-27/h5-8,11-13H,3-4,9-10H2,1-2H3,(H2,24,25,26,29,34). The molecule has 2 aromatic carbocycles. The topological polar surface area (TPSA) is 119 Å². The summed E-state index contributed by atoms with van der Waals surface area (Å²) >= 11 is 6.57. The molecule has 1 saturated heterocycles. The number of ether oxygens (including phenoxy) is 2. The minimum absolute atomic E-state index is 0.0366. The van der Waals surface area contributed by atoms with Gasteiger partial charge in [0.1, 0.15) is 5.69 Å². The molecule has 0 unspecified atom stereocenters. The molecule has 2 N–H and O–H groups in total. The fourth-order valence-corrected chi connectivity index (χ4v) is 4.78. The van der Waals surface area contributed by atoms with Crippen molar-refractivity contribution in [2.45, 2.75) is 12.8 Å². The molecule has 35 heavy (non-hydrogen) atoms. The number of hydrogen-bond acceptors (Lipinski definition) is 9. The van der Waals surface area contributed by atoms with E-state index in [1.165, 1.54) is 17.4 Å². The number of thiazole rings is 1. The number of thiocarbonyl (C=S) groups is 1. The van der Waals surface area contributed by atoms with Crippen molar-refractivity contribution in [1.82, 2.24) is 10.3 Å². The van der Waals surface area contributed by atoms with Crippen molar-refractivity contribution < 1.29 is 19.2 Å². The number of carbonyl (C=O) groups is 1. The number of methoxy groups -OCH3 is 2. The molecule has 0 saturated carbocycles. The lowest BCUT2D eigenvalue weighted by Crippen LogP contribution is -2.34. The van der Waals surface area contributed by atoms with Crippen molar-refractivity contribution in [3.05, 3.63) is 57.5 Å². The zero-order chi connectivity index (χ0) is 24.9. The predicted molar refractivity (Wildman–Crippen MR) is 139 cm³/mol. The maximum atomic E-state index is 12.7. The van der Waals surface area contributed by atoms with Gasteiger partial charge in [0, 0.05) is 35.7 Å². The zero-order valence-electron chi connectivity index (χ0n) is 19.1. The van der Waals surface area contributed by atoms with Crippen molar-refractivity contribution >= 4 is 51.1 Å². The Bertz CT molecular complexity index is 1270. The number of hydrogen-bond donors (Lipinski definition) is 2. The number of nitro groups is 1. The molecule has 182 valence electrons. The van der Waals surface area contributed by atoms with E-state index in [-0.39, 0.29) is 16.4 Å². The Labute approximate surface area is 211 Å². The average molecular weight is 514 g/mol. The Hall–Kier alpha value is -3.77. The number of anilines is 2. The maximum Gasteiger partial charge on any atom is 0.293 e. The highest BCUT2D eigenvalue weighted by Gasteiger charge is 2.24. The molecule has 1 aromatic heterocycles. The smallest absolute Gasteiger partial charge is 0.293 e. The van der Waals surface area contributed by atoms with Crippen molar-refractivity contribution in [1.29, 1.82) is 0 Å². The normalized spacial score (nSPS) is 12.8. The Balaban J connectivity index is 1.43. The first-order valence-electron chi connectivity index (χ1n) is 10.7. The quantitative estimate of drug-likeness (QED) is 0.268. The van der Waals surface area contributed by atoms with Gasteiger partial charge in [-0.1, -0.05) is 0 Å². The van der Waals surface area contributed by atoms with E-state index in [0.29, 0.717) is 28.0 Å². The third-order valence-electron chi connectivity index (χ3n) is 5.51. The third-order valence-corrected chi connectivity index (χ3v) is 6.47. The number of rotatable bonds is 7. The van der Waals surface area contributed by atoms with Crippen LogP contribution in [0.5, 0.6) is 11.5 Å². The molecular weight excluding hydrogens is 490 g/mol. The summed E-state index contributed by atoms with van der Waals surface area (Å²) in [5.41, 5.74) is 2.09. The van der Waals surface area contributed by atoms with Gasteiger partial charge in [-0.15, -0.1) is 11.3 Å². The van der Waals surface area contributed by atoms with Crippen LogP contribution in [0.3, 0.4) is 0 Å². The molecule has 0 aliphatic carbocycles. The zero-order valence-corrected chi connectivity index (χ0v) is 20.7. The van der Waals surface area contributed by atoms with Gasteiger partial charge < -0.3 is 19.7 Å². The van der Waals surface area contributed by atoms with Gasteiger partial charge in [-0.05, 0) is 55.4 Å². The van der Waals surface area contributed by atoms with Crippen LogP contribution in [0, 0.1) is 10.1 Å². The van der Waals surface area contributed by atoms with Crippen molar-refractivity contribution in [2.75, 3.05) is 37.5 Å². The molecule has 1 fully saturated rings. The molecule has 1 amide bonds. The van der Waals surface area contributed by atoms with Gasteiger partial charge in [0.05, 0.1) is 24.8 Å². The maximum absolute atomic E-state index is 12.7. The van der Waals surface area contributed by atoms with Gasteiger partial charge in [0.15, 0.2) is 21.7 Å². The van der Waals surface area contributed by atoms with E-state index in [4.69, 9.17) is 21.7 Å². The number of benzene rings is 2. The van der Waals surface area contributed by atoms with Gasteiger partial charge in [-0.2, -0.15) is 0 Å². The highest BCUT2D eigenvalue weighted by molar-refractivity contribution is 7.80. The number of carbonyl (C=O) groups excluding carboxylic acids is 1. The van der Waals surface area contributed by atoms with Gasteiger partial charge >= 0.3 is 0 Å². The summed E-state index contributed by atoms with van der Waals surface area (Å²) in [5.74, 6) is 0.651. The number of aromatic nitrogens is 1. The van der Waals surface area contributed by atoms with Crippen LogP contribution in [0.4, 0.5) is 16.5 Å². The van der Waals surface area contributed by atoms with Crippen LogP contribution in [0.15, 0.2) is 41.8 Å². The lowest BCUT2D eigenvalue weighted by molar-refractivity contribution is -0.384. The molecule has 4 rings (SSSR count). The molecule has 12 heteroatoms. The molecule has 0 bridgehead atoms. The second kappa shape index (κ2) is 10.7. The molecule has 2 heterocycles. The average Bonchev–Trinajstić information content (AvgIpc) is 3.55. The summed E-state index contributed by atoms with van der Waals surface area (Å²) < 4.78 is 10.6. The van der Waals surface area contributed by atoms with E-state index in [1.54, 1.807) is 32.4 Å². The fraction of sp³-hybridized carbons (Fsp3) is 0.261. The van der Waals surface area contributed by atoms with Crippen LogP contribution in [0.2, 0.25) is 0 Å². The second-order valence-electron chi connectivity index (χ2n) is 7.67. The summed E-state index contributed by atoms with van der Waals surface area (Å²) in [4.78, 5) is 30.3. The Kier molecular flexibility index (Phi) is 7.42. The second-order valence-corrected chi connectivity index (χ2v) is 8.94. The van der Waals surface area contributed by atoms with Gasteiger partial charge in [-0.3, -0.25) is 20.2 Å². The third kappa shape index (κ3) is 5.49. The number of amides is 1. The molecule has 3 aromatic rings. The Morgan fingerprint density at radius 3 is 2.57 bits per heavy atom. The first-order chi connectivity index (χ1) is 16.9. The highest BCUT2D eigenvalue weighted by Crippen LogP contribution is 2.34. The van der Waals surface area contributed by atoms with Crippen LogP contribution in [-0.4, -0.2) is 48.2 Å².